The van der Waals surface area contributed by atoms with E-state index in [-0.39, 0.29) is 42.1 Å². The Kier molecular flexibility index (Phi) is 8.40. The van der Waals surface area contributed by atoms with E-state index in [4.69, 9.17) is 25.8 Å². The molecule has 0 unspecified atom stereocenters. The summed E-state index contributed by atoms with van der Waals surface area (Å²) in [5.41, 5.74) is 1.14. The van der Waals surface area contributed by atoms with Crippen LogP contribution in [-0.4, -0.2) is 51.9 Å². The lowest BCUT2D eigenvalue weighted by Gasteiger charge is -2.36. The number of alkyl halides is 3. The van der Waals surface area contributed by atoms with E-state index in [0.29, 0.717) is 64.9 Å². The second-order valence-electron chi connectivity index (χ2n) is 11.2. The van der Waals surface area contributed by atoms with Gasteiger partial charge in [0.1, 0.15) is 29.4 Å². The third-order valence-corrected chi connectivity index (χ3v) is 8.74. The number of hydrogen-bond donors (Lipinski definition) is 1. The van der Waals surface area contributed by atoms with Crippen LogP contribution >= 0.6 is 11.6 Å². The molecule has 238 valence electrons. The SMILES string of the molecule is COc1cc(Cl)ccc1COc1cc2c(cc1C(F)(F)F)CCN(Cc1nc3c(F)cc(C(=O)O)cc3n1C[C@@H]1CCO1)[C@H]2C. The highest BCUT2D eigenvalue weighted by Gasteiger charge is 2.37. The molecule has 2 aliphatic rings. The molecule has 4 aromatic rings. The first kappa shape index (κ1) is 31.1. The van der Waals surface area contributed by atoms with E-state index in [1.54, 1.807) is 22.8 Å². The van der Waals surface area contributed by atoms with Crippen molar-refractivity contribution in [3.8, 4) is 11.5 Å². The van der Waals surface area contributed by atoms with Gasteiger partial charge < -0.3 is 23.9 Å². The van der Waals surface area contributed by atoms with Gasteiger partial charge in [0.15, 0.2) is 5.82 Å². The maximum atomic E-state index is 15.0. The van der Waals surface area contributed by atoms with Crippen molar-refractivity contribution in [3.63, 3.8) is 0 Å². The molecule has 8 nitrogen and oxygen atoms in total. The summed E-state index contributed by atoms with van der Waals surface area (Å²) >= 11 is 6.03. The van der Waals surface area contributed by atoms with Crippen molar-refractivity contribution in [2.45, 2.75) is 57.8 Å². The molecule has 45 heavy (non-hydrogen) atoms. The molecule has 0 spiro atoms. The van der Waals surface area contributed by atoms with E-state index >= 15 is 4.39 Å². The Labute approximate surface area is 261 Å². The monoisotopic (exact) mass is 647 g/mol. The molecule has 1 fully saturated rings. The largest absolute Gasteiger partial charge is 0.496 e. The zero-order valence-electron chi connectivity index (χ0n) is 24.5. The van der Waals surface area contributed by atoms with Crippen molar-refractivity contribution < 1.29 is 41.7 Å². The molecule has 0 saturated carbocycles. The molecule has 6 rings (SSSR count). The summed E-state index contributed by atoms with van der Waals surface area (Å²) in [7, 11) is 1.44. The number of nitrogens with zero attached hydrogens (tertiary/aromatic N) is 3. The number of ether oxygens (including phenoxy) is 3. The van der Waals surface area contributed by atoms with Crippen molar-refractivity contribution >= 4 is 28.6 Å². The predicted molar refractivity (Wildman–Crippen MR) is 157 cm³/mol. The average molecular weight is 648 g/mol. The number of imidazole rings is 1. The second kappa shape index (κ2) is 12.1. The summed E-state index contributed by atoms with van der Waals surface area (Å²) in [6, 6.07) is 9.44. The molecular formula is C32H30ClF4N3O5. The Hall–Kier alpha value is -3.87. The van der Waals surface area contributed by atoms with Crippen molar-refractivity contribution in [2.24, 2.45) is 0 Å². The molecule has 1 N–H and O–H groups in total. The molecule has 13 heteroatoms. The minimum absolute atomic E-state index is 0.0579. The van der Waals surface area contributed by atoms with Crippen LogP contribution in [0.1, 0.15) is 57.8 Å². The molecule has 1 saturated heterocycles. The highest BCUT2D eigenvalue weighted by molar-refractivity contribution is 6.30. The zero-order chi connectivity index (χ0) is 32.0. The Morgan fingerprint density at radius 2 is 1.96 bits per heavy atom. The van der Waals surface area contributed by atoms with Gasteiger partial charge in [-0.2, -0.15) is 13.2 Å². The number of benzene rings is 3. The Bertz CT molecular complexity index is 1770. The van der Waals surface area contributed by atoms with Gasteiger partial charge in [-0.3, -0.25) is 4.90 Å². The number of carboxylic acid groups (broad SMARTS) is 1. The number of halogens is 5. The Morgan fingerprint density at radius 3 is 2.62 bits per heavy atom. The number of hydrogen-bond acceptors (Lipinski definition) is 6. The normalized spacial score (nSPS) is 18.5. The van der Waals surface area contributed by atoms with Crippen LogP contribution in [0.25, 0.3) is 11.0 Å². The summed E-state index contributed by atoms with van der Waals surface area (Å²) < 4.78 is 76.1. The number of fused-ring (bicyclic) bond motifs is 2. The fourth-order valence-electron chi connectivity index (χ4n) is 5.94. The summed E-state index contributed by atoms with van der Waals surface area (Å²) in [5, 5.41) is 9.93. The van der Waals surface area contributed by atoms with Crippen LogP contribution in [0.3, 0.4) is 0 Å². The van der Waals surface area contributed by atoms with Gasteiger partial charge in [-0.15, -0.1) is 0 Å². The van der Waals surface area contributed by atoms with Crippen LogP contribution in [0, 0.1) is 5.82 Å². The molecular weight excluding hydrogens is 618 g/mol. The smallest absolute Gasteiger partial charge is 0.419 e. The zero-order valence-corrected chi connectivity index (χ0v) is 25.2. The van der Waals surface area contributed by atoms with Gasteiger partial charge in [-0.1, -0.05) is 17.7 Å². The van der Waals surface area contributed by atoms with Gasteiger partial charge in [0.05, 0.1) is 42.9 Å². The van der Waals surface area contributed by atoms with E-state index in [1.165, 1.54) is 19.2 Å². The molecule has 0 aliphatic carbocycles. The van der Waals surface area contributed by atoms with Gasteiger partial charge in [0, 0.05) is 29.8 Å². The van der Waals surface area contributed by atoms with Gasteiger partial charge in [-0.05, 0) is 67.3 Å². The molecule has 0 bridgehead atoms. The quantitative estimate of drug-likeness (QED) is 0.195. The van der Waals surface area contributed by atoms with Gasteiger partial charge >= 0.3 is 12.1 Å². The molecule has 0 amide bonds. The third-order valence-electron chi connectivity index (χ3n) is 8.50. The topological polar surface area (TPSA) is 86.0 Å². The fourth-order valence-corrected chi connectivity index (χ4v) is 6.10. The molecule has 3 heterocycles. The predicted octanol–water partition coefficient (Wildman–Crippen LogP) is 7.04. The number of methoxy groups -OCH3 is 1. The van der Waals surface area contributed by atoms with Gasteiger partial charge in [-0.25, -0.2) is 14.2 Å². The lowest BCUT2D eigenvalue weighted by Crippen LogP contribution is -2.36. The lowest BCUT2D eigenvalue weighted by molar-refractivity contribution is -0.139. The first-order chi connectivity index (χ1) is 21.4. The van der Waals surface area contributed by atoms with Crippen LogP contribution in [0.2, 0.25) is 5.02 Å². The van der Waals surface area contributed by atoms with Crippen molar-refractivity contribution in [3.05, 3.63) is 86.9 Å². The van der Waals surface area contributed by atoms with E-state index < -0.39 is 23.5 Å². The molecule has 3 aromatic carbocycles. The molecule has 2 atom stereocenters. The summed E-state index contributed by atoms with van der Waals surface area (Å²) in [6.45, 7) is 3.38. The van der Waals surface area contributed by atoms with E-state index in [2.05, 4.69) is 9.88 Å². The maximum Gasteiger partial charge on any atom is 0.419 e. The number of aromatic carboxylic acids is 1. The van der Waals surface area contributed by atoms with Crippen molar-refractivity contribution in [2.75, 3.05) is 20.3 Å². The highest BCUT2D eigenvalue weighted by Crippen LogP contribution is 2.42. The third kappa shape index (κ3) is 6.18. The van der Waals surface area contributed by atoms with Crippen molar-refractivity contribution in [1.82, 2.24) is 14.5 Å². The Balaban J connectivity index is 1.32. The minimum atomic E-state index is -4.64. The highest BCUT2D eigenvalue weighted by atomic mass is 35.5. The first-order valence-corrected chi connectivity index (χ1v) is 14.8. The van der Waals surface area contributed by atoms with Crippen LogP contribution in [0.5, 0.6) is 11.5 Å². The number of carboxylic acids is 1. The van der Waals surface area contributed by atoms with Crippen LogP contribution in [0.15, 0.2) is 42.5 Å². The number of rotatable bonds is 9. The van der Waals surface area contributed by atoms with Crippen LogP contribution < -0.4 is 9.47 Å². The molecule has 1 aromatic heterocycles. The van der Waals surface area contributed by atoms with Crippen LogP contribution in [-0.2, 0) is 37.0 Å². The standard InChI is InChI=1S/C32H30ClF4N3O5/c1-17-23-13-28(45-16-19-3-4-21(33)12-27(19)43-2)24(32(35,36)37)9-18(23)5-7-39(17)15-29-38-30-25(34)10-20(31(41)42)11-26(30)40(29)14-22-6-8-44-22/h3-4,9-13,17,22H,5-8,14-16H2,1-2H3,(H,41,42)/t17-,22-/m0/s1. The van der Waals surface area contributed by atoms with E-state index in [1.807, 2.05) is 6.92 Å². The van der Waals surface area contributed by atoms with E-state index in [0.717, 1.165) is 18.6 Å². The fraction of sp³-hybridized carbons (Fsp3) is 0.375. The lowest BCUT2D eigenvalue weighted by atomic mass is 9.91. The van der Waals surface area contributed by atoms with Crippen LogP contribution in [0.4, 0.5) is 17.6 Å². The minimum Gasteiger partial charge on any atom is -0.496 e. The van der Waals surface area contributed by atoms with Gasteiger partial charge in [0.25, 0.3) is 0 Å². The molecule has 2 aliphatic heterocycles. The number of carbonyl (C=O) groups is 1. The second-order valence-corrected chi connectivity index (χ2v) is 11.7. The Morgan fingerprint density at radius 1 is 1.18 bits per heavy atom. The first-order valence-electron chi connectivity index (χ1n) is 14.4. The van der Waals surface area contributed by atoms with Gasteiger partial charge in [0.2, 0.25) is 0 Å². The van der Waals surface area contributed by atoms with Crippen molar-refractivity contribution in [1.29, 1.82) is 0 Å². The molecule has 0 radical (unpaired) electrons. The number of aromatic nitrogens is 2. The summed E-state index contributed by atoms with van der Waals surface area (Å²) in [5.74, 6) is -1.39. The summed E-state index contributed by atoms with van der Waals surface area (Å²) in [6.07, 6.45) is -3.60. The van der Waals surface area contributed by atoms with E-state index in [9.17, 15) is 23.1 Å². The summed E-state index contributed by atoms with van der Waals surface area (Å²) in [4.78, 5) is 18.3. The average Bonchev–Trinajstić information content (AvgIpc) is 3.32. The maximum absolute atomic E-state index is 15.0.